The van der Waals surface area contributed by atoms with E-state index in [2.05, 4.69) is 16.3 Å². The monoisotopic (exact) mass is 191 g/mol. The summed E-state index contributed by atoms with van der Waals surface area (Å²) in [7, 11) is 1.79. The summed E-state index contributed by atoms with van der Waals surface area (Å²) >= 11 is 0. The van der Waals surface area contributed by atoms with E-state index in [4.69, 9.17) is 6.42 Å². The van der Waals surface area contributed by atoms with Crippen LogP contribution in [0.1, 0.15) is 23.0 Å². The lowest BCUT2D eigenvalue weighted by Crippen LogP contribution is -2.24. The lowest BCUT2D eigenvalue weighted by molar-refractivity contribution is 0.0958. The number of hydrogen-bond acceptors (Lipinski definition) is 2. The number of rotatable bonds is 3. The number of terminal acetylenes is 1. The van der Waals surface area contributed by atoms with Crippen LogP contribution in [0.3, 0.4) is 0 Å². The van der Waals surface area contributed by atoms with Gasteiger partial charge in [-0.05, 0) is 6.42 Å². The van der Waals surface area contributed by atoms with Gasteiger partial charge in [-0.3, -0.25) is 9.48 Å². The molecule has 1 rings (SSSR count). The van der Waals surface area contributed by atoms with Gasteiger partial charge >= 0.3 is 0 Å². The molecule has 1 N–H and O–H groups in total. The Balaban J connectivity index is 2.84. The summed E-state index contributed by atoms with van der Waals surface area (Å²) in [6.07, 6.45) is 7.48. The van der Waals surface area contributed by atoms with Crippen LogP contribution in [0.2, 0.25) is 0 Å². The second-order valence-electron chi connectivity index (χ2n) is 2.90. The van der Waals surface area contributed by atoms with E-state index in [9.17, 15) is 4.79 Å². The molecule has 1 aromatic heterocycles. The summed E-state index contributed by atoms with van der Waals surface area (Å²) in [6.45, 7) is 2.21. The zero-order valence-electron chi connectivity index (χ0n) is 8.37. The Morgan fingerprint density at radius 2 is 2.50 bits per heavy atom. The molecule has 0 saturated heterocycles. The molecule has 14 heavy (non-hydrogen) atoms. The van der Waals surface area contributed by atoms with Gasteiger partial charge in [0.2, 0.25) is 0 Å². The highest BCUT2D eigenvalue weighted by Gasteiger charge is 2.12. The fourth-order valence-corrected chi connectivity index (χ4v) is 1.21. The zero-order valence-corrected chi connectivity index (χ0v) is 8.37. The maximum atomic E-state index is 11.5. The minimum Gasteiger partial charge on any atom is -0.341 e. The first kappa shape index (κ1) is 10.3. The third kappa shape index (κ3) is 2.13. The maximum absolute atomic E-state index is 11.5. The van der Waals surface area contributed by atoms with Gasteiger partial charge in [0.05, 0.1) is 17.8 Å². The normalized spacial score (nSPS) is 9.50. The van der Waals surface area contributed by atoms with Crippen LogP contribution >= 0.6 is 0 Å². The largest absolute Gasteiger partial charge is 0.341 e. The molecule has 0 radical (unpaired) electrons. The SMILES string of the molecule is C#CCNC(=O)c1cn(C)nc1CC. The molecule has 0 aliphatic carbocycles. The molecule has 74 valence electrons. The second-order valence-corrected chi connectivity index (χ2v) is 2.90. The Hall–Kier alpha value is -1.76. The number of nitrogens with one attached hydrogen (secondary N) is 1. The highest BCUT2D eigenvalue weighted by molar-refractivity contribution is 5.95. The van der Waals surface area contributed by atoms with Crippen molar-refractivity contribution in [2.24, 2.45) is 7.05 Å². The average molecular weight is 191 g/mol. The topological polar surface area (TPSA) is 46.9 Å². The molecular weight excluding hydrogens is 178 g/mol. The first-order chi connectivity index (χ1) is 6.69. The molecule has 0 aliphatic rings. The molecule has 0 atom stereocenters. The van der Waals surface area contributed by atoms with E-state index in [-0.39, 0.29) is 12.5 Å². The smallest absolute Gasteiger partial charge is 0.255 e. The molecule has 1 amide bonds. The number of carbonyl (C=O) groups is 1. The van der Waals surface area contributed by atoms with Gasteiger partial charge in [-0.2, -0.15) is 5.10 Å². The van der Waals surface area contributed by atoms with Gasteiger partial charge in [0.1, 0.15) is 0 Å². The molecular formula is C10H13N3O. The van der Waals surface area contributed by atoms with Crippen LogP contribution in [0.15, 0.2) is 6.20 Å². The number of hydrogen-bond donors (Lipinski definition) is 1. The molecule has 4 nitrogen and oxygen atoms in total. The van der Waals surface area contributed by atoms with Crippen LogP contribution < -0.4 is 5.32 Å². The molecule has 0 unspecified atom stereocenters. The molecule has 0 bridgehead atoms. The minimum absolute atomic E-state index is 0.159. The maximum Gasteiger partial charge on any atom is 0.255 e. The van der Waals surface area contributed by atoms with Gasteiger partial charge in [0, 0.05) is 13.2 Å². The summed E-state index contributed by atoms with van der Waals surface area (Å²) in [5.41, 5.74) is 1.40. The van der Waals surface area contributed by atoms with E-state index >= 15 is 0 Å². The molecule has 0 aromatic carbocycles. The van der Waals surface area contributed by atoms with Gasteiger partial charge in [-0.1, -0.05) is 12.8 Å². The summed E-state index contributed by atoms with van der Waals surface area (Å²) in [6, 6.07) is 0. The van der Waals surface area contributed by atoms with Crippen molar-refractivity contribution in [3.63, 3.8) is 0 Å². The van der Waals surface area contributed by atoms with E-state index in [1.54, 1.807) is 17.9 Å². The van der Waals surface area contributed by atoms with E-state index < -0.39 is 0 Å². The van der Waals surface area contributed by atoms with E-state index in [1.165, 1.54) is 0 Å². The van der Waals surface area contributed by atoms with Crippen molar-refractivity contribution in [3.05, 3.63) is 17.5 Å². The quantitative estimate of drug-likeness (QED) is 0.700. The highest BCUT2D eigenvalue weighted by atomic mass is 16.1. The lowest BCUT2D eigenvalue weighted by atomic mass is 10.2. The van der Waals surface area contributed by atoms with Gasteiger partial charge < -0.3 is 5.32 Å². The predicted molar refractivity (Wildman–Crippen MR) is 53.8 cm³/mol. The Kier molecular flexibility index (Phi) is 3.29. The van der Waals surface area contributed by atoms with Crippen molar-refractivity contribution in [1.29, 1.82) is 0 Å². The van der Waals surface area contributed by atoms with Crippen LogP contribution in [0.25, 0.3) is 0 Å². The van der Waals surface area contributed by atoms with Crippen LogP contribution in [0, 0.1) is 12.3 Å². The Morgan fingerprint density at radius 1 is 1.79 bits per heavy atom. The number of nitrogens with zero attached hydrogens (tertiary/aromatic N) is 2. The van der Waals surface area contributed by atoms with Gasteiger partial charge in [-0.15, -0.1) is 6.42 Å². The molecule has 0 saturated carbocycles. The first-order valence-electron chi connectivity index (χ1n) is 4.43. The summed E-state index contributed by atoms with van der Waals surface area (Å²) < 4.78 is 1.63. The summed E-state index contributed by atoms with van der Waals surface area (Å²) in [4.78, 5) is 11.5. The van der Waals surface area contributed by atoms with Crippen LogP contribution in [-0.4, -0.2) is 22.2 Å². The summed E-state index contributed by atoms with van der Waals surface area (Å²) in [5.74, 6) is 2.19. The molecule has 0 aliphatic heterocycles. The molecule has 1 heterocycles. The Bertz CT molecular complexity index is 373. The fraction of sp³-hybridized carbons (Fsp3) is 0.400. The highest BCUT2D eigenvalue weighted by Crippen LogP contribution is 2.06. The van der Waals surface area contributed by atoms with Gasteiger partial charge in [0.15, 0.2) is 0 Å². The Morgan fingerprint density at radius 3 is 3.07 bits per heavy atom. The van der Waals surface area contributed by atoms with Crippen molar-refractivity contribution in [3.8, 4) is 12.3 Å². The minimum atomic E-state index is -0.159. The van der Waals surface area contributed by atoms with Crippen molar-refractivity contribution < 1.29 is 4.79 Å². The number of carbonyl (C=O) groups excluding carboxylic acids is 1. The first-order valence-corrected chi connectivity index (χ1v) is 4.43. The van der Waals surface area contributed by atoms with E-state index in [0.717, 1.165) is 12.1 Å². The van der Waals surface area contributed by atoms with Crippen molar-refractivity contribution in [1.82, 2.24) is 15.1 Å². The van der Waals surface area contributed by atoms with Crippen LogP contribution in [0.4, 0.5) is 0 Å². The lowest BCUT2D eigenvalue weighted by Gasteiger charge is -1.99. The van der Waals surface area contributed by atoms with Crippen LogP contribution in [-0.2, 0) is 13.5 Å². The number of amides is 1. The number of aromatic nitrogens is 2. The molecule has 0 spiro atoms. The number of aryl methyl sites for hydroxylation is 2. The average Bonchev–Trinajstić information content (AvgIpc) is 2.56. The predicted octanol–water partition coefficient (Wildman–Crippen LogP) is 0.345. The van der Waals surface area contributed by atoms with E-state index in [0.29, 0.717) is 5.56 Å². The summed E-state index contributed by atoms with van der Waals surface area (Å²) in [5, 5.41) is 6.77. The zero-order chi connectivity index (χ0) is 10.6. The third-order valence-electron chi connectivity index (χ3n) is 1.84. The second kappa shape index (κ2) is 4.47. The van der Waals surface area contributed by atoms with Gasteiger partial charge in [0.25, 0.3) is 5.91 Å². The van der Waals surface area contributed by atoms with Gasteiger partial charge in [-0.25, -0.2) is 0 Å². The third-order valence-corrected chi connectivity index (χ3v) is 1.84. The molecule has 4 heteroatoms. The Labute approximate surface area is 83.3 Å². The molecule has 0 fully saturated rings. The van der Waals surface area contributed by atoms with Crippen LogP contribution in [0.5, 0.6) is 0 Å². The van der Waals surface area contributed by atoms with E-state index in [1.807, 2.05) is 6.92 Å². The fourth-order valence-electron chi connectivity index (χ4n) is 1.21. The van der Waals surface area contributed by atoms with Crippen molar-refractivity contribution >= 4 is 5.91 Å². The van der Waals surface area contributed by atoms with Crippen molar-refractivity contribution in [2.45, 2.75) is 13.3 Å². The van der Waals surface area contributed by atoms with Crippen molar-refractivity contribution in [2.75, 3.05) is 6.54 Å². The standard InChI is InChI=1S/C10H13N3O/c1-4-6-11-10(14)8-7-13(3)12-9(8)5-2/h1,7H,5-6H2,2-3H3,(H,11,14). The molecule has 1 aromatic rings.